The third kappa shape index (κ3) is 2.12. The molecule has 0 bridgehead atoms. The Bertz CT molecular complexity index is 455. The number of rotatable bonds is 3. The van der Waals surface area contributed by atoms with Crippen LogP contribution in [-0.4, -0.2) is 16.7 Å². The summed E-state index contributed by atoms with van der Waals surface area (Å²) in [6.07, 6.45) is 0. The van der Waals surface area contributed by atoms with E-state index in [-0.39, 0.29) is 5.82 Å². The van der Waals surface area contributed by atoms with Crippen LogP contribution in [0.2, 0.25) is 0 Å². The monoisotopic (exact) mass is 207 g/mol. The van der Waals surface area contributed by atoms with Gasteiger partial charge < -0.3 is 9.84 Å². The van der Waals surface area contributed by atoms with E-state index in [1.54, 1.807) is 12.1 Å². The molecule has 2 rings (SSSR count). The molecule has 0 saturated heterocycles. The van der Waals surface area contributed by atoms with Crippen LogP contribution in [0.5, 0.6) is 0 Å². The summed E-state index contributed by atoms with van der Waals surface area (Å²) < 4.78 is 17.8. The molecule has 15 heavy (non-hydrogen) atoms. The molecule has 0 aliphatic carbocycles. The van der Waals surface area contributed by atoms with Crippen molar-refractivity contribution in [2.75, 3.05) is 11.9 Å². The van der Waals surface area contributed by atoms with Crippen LogP contribution in [0.4, 0.5) is 10.4 Å². The zero-order valence-electron chi connectivity index (χ0n) is 8.20. The Morgan fingerprint density at radius 1 is 1.47 bits per heavy atom. The van der Waals surface area contributed by atoms with E-state index in [1.807, 2.05) is 6.92 Å². The first-order valence-electron chi connectivity index (χ1n) is 4.63. The molecular weight excluding hydrogens is 197 g/mol. The SMILES string of the molecule is CCNc1nc(-c2cccc(F)c2)no1. The standard InChI is InChI=1S/C10H10FN3O/c1-2-12-10-13-9(14-15-10)7-4-3-5-8(11)6-7/h3-6H,2H2,1H3,(H,12,13,14). The first-order chi connectivity index (χ1) is 7.29. The number of nitrogens with one attached hydrogen (secondary N) is 1. The number of hydrogen-bond acceptors (Lipinski definition) is 4. The van der Waals surface area contributed by atoms with Crippen LogP contribution >= 0.6 is 0 Å². The molecule has 0 fully saturated rings. The normalized spacial score (nSPS) is 10.3. The molecule has 0 aliphatic heterocycles. The van der Waals surface area contributed by atoms with Gasteiger partial charge in [-0.25, -0.2) is 4.39 Å². The Kier molecular flexibility index (Phi) is 2.62. The lowest BCUT2D eigenvalue weighted by molar-refractivity contribution is 0.432. The highest BCUT2D eigenvalue weighted by Gasteiger charge is 2.07. The maximum atomic E-state index is 12.9. The number of anilines is 1. The second-order valence-corrected chi connectivity index (χ2v) is 2.96. The minimum atomic E-state index is -0.317. The molecule has 2 aromatic rings. The van der Waals surface area contributed by atoms with Crippen molar-refractivity contribution in [1.82, 2.24) is 10.1 Å². The molecule has 0 radical (unpaired) electrons. The molecule has 4 nitrogen and oxygen atoms in total. The highest BCUT2D eigenvalue weighted by atomic mass is 19.1. The molecule has 0 saturated carbocycles. The van der Waals surface area contributed by atoms with Crippen molar-refractivity contribution in [2.45, 2.75) is 6.92 Å². The molecule has 0 atom stereocenters. The summed E-state index contributed by atoms with van der Waals surface area (Å²) in [5, 5.41) is 6.61. The zero-order valence-corrected chi connectivity index (χ0v) is 8.20. The zero-order chi connectivity index (χ0) is 10.7. The van der Waals surface area contributed by atoms with E-state index in [4.69, 9.17) is 4.52 Å². The lowest BCUT2D eigenvalue weighted by Crippen LogP contribution is -1.95. The van der Waals surface area contributed by atoms with E-state index >= 15 is 0 Å². The summed E-state index contributed by atoms with van der Waals surface area (Å²) in [5.74, 6) is 0.0627. The van der Waals surface area contributed by atoms with E-state index in [0.717, 1.165) is 0 Å². The summed E-state index contributed by atoms with van der Waals surface area (Å²) in [6, 6.07) is 6.41. The minimum Gasteiger partial charge on any atom is -0.338 e. The Morgan fingerprint density at radius 3 is 3.07 bits per heavy atom. The van der Waals surface area contributed by atoms with Crippen LogP contribution in [0, 0.1) is 5.82 Å². The Labute approximate surface area is 86.1 Å². The second kappa shape index (κ2) is 4.08. The van der Waals surface area contributed by atoms with Crippen LogP contribution in [0.25, 0.3) is 11.4 Å². The van der Waals surface area contributed by atoms with Gasteiger partial charge in [-0.2, -0.15) is 4.98 Å². The number of aromatic nitrogens is 2. The van der Waals surface area contributed by atoms with E-state index in [2.05, 4.69) is 15.5 Å². The van der Waals surface area contributed by atoms with Gasteiger partial charge in [-0.05, 0) is 19.1 Å². The number of nitrogens with zero attached hydrogens (tertiary/aromatic N) is 2. The Morgan fingerprint density at radius 2 is 2.33 bits per heavy atom. The highest BCUT2D eigenvalue weighted by molar-refractivity contribution is 5.55. The van der Waals surface area contributed by atoms with Crippen LogP contribution in [0.1, 0.15) is 6.92 Å². The first kappa shape index (κ1) is 9.64. The quantitative estimate of drug-likeness (QED) is 0.839. The third-order valence-corrected chi connectivity index (χ3v) is 1.84. The van der Waals surface area contributed by atoms with Crippen molar-refractivity contribution >= 4 is 6.01 Å². The van der Waals surface area contributed by atoms with Crippen LogP contribution < -0.4 is 5.32 Å². The summed E-state index contributed by atoms with van der Waals surface area (Å²) >= 11 is 0. The van der Waals surface area contributed by atoms with Gasteiger partial charge in [0, 0.05) is 12.1 Å². The molecule has 0 spiro atoms. The fourth-order valence-corrected chi connectivity index (χ4v) is 1.19. The largest absolute Gasteiger partial charge is 0.338 e. The Hall–Kier alpha value is -1.91. The van der Waals surface area contributed by atoms with Crippen molar-refractivity contribution in [3.8, 4) is 11.4 Å². The van der Waals surface area contributed by atoms with Gasteiger partial charge in [-0.3, -0.25) is 0 Å². The van der Waals surface area contributed by atoms with E-state index in [1.165, 1.54) is 12.1 Å². The molecule has 1 heterocycles. The predicted octanol–water partition coefficient (Wildman–Crippen LogP) is 2.31. The topological polar surface area (TPSA) is 51.0 Å². The molecule has 0 aliphatic rings. The molecule has 0 unspecified atom stereocenters. The highest BCUT2D eigenvalue weighted by Crippen LogP contribution is 2.17. The van der Waals surface area contributed by atoms with Crippen molar-refractivity contribution in [3.05, 3.63) is 30.1 Å². The fourth-order valence-electron chi connectivity index (χ4n) is 1.19. The number of halogens is 1. The van der Waals surface area contributed by atoms with Gasteiger partial charge in [-0.15, -0.1) is 0 Å². The third-order valence-electron chi connectivity index (χ3n) is 1.84. The summed E-state index contributed by atoms with van der Waals surface area (Å²) in [6.45, 7) is 2.62. The maximum Gasteiger partial charge on any atom is 0.321 e. The molecular formula is C10H10FN3O. The van der Waals surface area contributed by atoms with Gasteiger partial charge in [-0.1, -0.05) is 17.3 Å². The lowest BCUT2D eigenvalue weighted by Gasteiger charge is -1.93. The van der Waals surface area contributed by atoms with Crippen molar-refractivity contribution in [2.24, 2.45) is 0 Å². The van der Waals surface area contributed by atoms with E-state index in [0.29, 0.717) is 23.9 Å². The van der Waals surface area contributed by atoms with Crippen molar-refractivity contribution < 1.29 is 8.91 Å². The number of hydrogen-bond donors (Lipinski definition) is 1. The molecule has 1 aromatic carbocycles. The molecule has 0 amide bonds. The predicted molar refractivity (Wildman–Crippen MR) is 53.9 cm³/mol. The second-order valence-electron chi connectivity index (χ2n) is 2.96. The average Bonchev–Trinajstić information content (AvgIpc) is 2.67. The van der Waals surface area contributed by atoms with Crippen LogP contribution in [-0.2, 0) is 0 Å². The smallest absolute Gasteiger partial charge is 0.321 e. The summed E-state index contributed by atoms with van der Waals surface area (Å²) in [4.78, 5) is 4.06. The van der Waals surface area contributed by atoms with E-state index < -0.39 is 0 Å². The van der Waals surface area contributed by atoms with Gasteiger partial charge in [0.15, 0.2) is 0 Å². The van der Waals surface area contributed by atoms with Crippen LogP contribution in [0.3, 0.4) is 0 Å². The van der Waals surface area contributed by atoms with Gasteiger partial charge in [0.25, 0.3) is 0 Å². The van der Waals surface area contributed by atoms with Crippen molar-refractivity contribution in [3.63, 3.8) is 0 Å². The van der Waals surface area contributed by atoms with Crippen LogP contribution in [0.15, 0.2) is 28.8 Å². The maximum absolute atomic E-state index is 12.9. The van der Waals surface area contributed by atoms with Gasteiger partial charge >= 0.3 is 6.01 Å². The molecule has 1 N–H and O–H groups in total. The average molecular weight is 207 g/mol. The number of benzene rings is 1. The molecule has 78 valence electrons. The fraction of sp³-hybridized carbons (Fsp3) is 0.200. The van der Waals surface area contributed by atoms with E-state index in [9.17, 15) is 4.39 Å². The molecule has 1 aromatic heterocycles. The van der Waals surface area contributed by atoms with Gasteiger partial charge in [0.1, 0.15) is 5.82 Å². The molecule has 5 heteroatoms. The Balaban J connectivity index is 2.29. The van der Waals surface area contributed by atoms with Gasteiger partial charge in [0.05, 0.1) is 0 Å². The van der Waals surface area contributed by atoms with Crippen molar-refractivity contribution in [1.29, 1.82) is 0 Å². The first-order valence-corrected chi connectivity index (χ1v) is 4.63. The van der Waals surface area contributed by atoms with Gasteiger partial charge in [0.2, 0.25) is 5.82 Å². The minimum absolute atomic E-state index is 0.317. The summed E-state index contributed by atoms with van der Waals surface area (Å²) in [7, 11) is 0. The summed E-state index contributed by atoms with van der Waals surface area (Å²) in [5.41, 5.74) is 0.600. The lowest BCUT2D eigenvalue weighted by atomic mass is 10.2.